The van der Waals surface area contributed by atoms with Gasteiger partial charge in [-0.2, -0.15) is 5.26 Å². The van der Waals surface area contributed by atoms with Gasteiger partial charge in [0.25, 0.3) is 5.78 Å². The molecule has 7 nitrogen and oxygen atoms in total. The van der Waals surface area contributed by atoms with Crippen LogP contribution in [-0.2, 0) is 4.79 Å². The summed E-state index contributed by atoms with van der Waals surface area (Å²) in [5.74, 6) is 0.399. The highest BCUT2D eigenvalue weighted by Gasteiger charge is 2.35. The van der Waals surface area contributed by atoms with Crippen molar-refractivity contribution in [3.8, 4) is 6.07 Å². The monoisotopic (exact) mass is 358 g/mol. The Balaban J connectivity index is 1.75. The molecule has 2 aromatic heterocycles. The van der Waals surface area contributed by atoms with E-state index in [0.717, 1.165) is 43.5 Å². The molecule has 0 spiro atoms. The minimum absolute atomic E-state index is 0.136. The lowest BCUT2D eigenvalue weighted by Gasteiger charge is -2.32. The van der Waals surface area contributed by atoms with Gasteiger partial charge in [-0.3, -0.25) is 9.20 Å². The molecule has 1 fully saturated rings. The van der Waals surface area contributed by atoms with Gasteiger partial charge in [-0.25, -0.2) is 4.98 Å². The van der Waals surface area contributed by atoms with E-state index >= 15 is 0 Å². The first-order chi connectivity index (χ1) is 11.9. The summed E-state index contributed by atoms with van der Waals surface area (Å²) in [5, 5.41) is 21.0. The summed E-state index contributed by atoms with van der Waals surface area (Å²) in [4.78, 5) is 17.0. The molecule has 0 unspecified atom stereocenters. The Kier molecular flexibility index (Phi) is 4.95. The average Bonchev–Trinajstić information content (AvgIpc) is 2.98. The molecule has 1 amide bonds. The molecule has 0 aromatic carbocycles. The number of hydrogen-bond donors (Lipinski definition) is 1. The second kappa shape index (κ2) is 7.00. The molecule has 1 atom stereocenters. The maximum Gasteiger partial charge on any atom is 0.256 e. The first-order valence-electron chi connectivity index (χ1n) is 8.53. The van der Waals surface area contributed by atoms with Crippen LogP contribution >= 0.6 is 11.8 Å². The van der Waals surface area contributed by atoms with Crippen LogP contribution in [0.25, 0.3) is 5.78 Å². The molecule has 0 bridgehead atoms. The van der Waals surface area contributed by atoms with E-state index in [1.807, 2.05) is 31.2 Å². The molecule has 2 aromatic rings. The summed E-state index contributed by atoms with van der Waals surface area (Å²) in [5.41, 5.74) is 1.14. The summed E-state index contributed by atoms with van der Waals surface area (Å²) in [6.07, 6.45) is 4.54. The third-order valence-electron chi connectivity index (χ3n) is 4.60. The van der Waals surface area contributed by atoms with Crippen LogP contribution in [0.1, 0.15) is 50.4 Å². The number of hydrogen-bond acceptors (Lipinski definition) is 6. The van der Waals surface area contributed by atoms with Crippen LogP contribution in [0.3, 0.4) is 0 Å². The van der Waals surface area contributed by atoms with E-state index in [2.05, 4.69) is 26.6 Å². The maximum atomic E-state index is 12.6. The van der Waals surface area contributed by atoms with E-state index < -0.39 is 5.54 Å². The summed E-state index contributed by atoms with van der Waals surface area (Å²) >= 11 is 1.33. The molecule has 0 saturated heterocycles. The lowest BCUT2D eigenvalue weighted by Crippen LogP contribution is -2.50. The zero-order chi connectivity index (χ0) is 18.0. The maximum absolute atomic E-state index is 12.6. The number of nitriles is 1. The van der Waals surface area contributed by atoms with Crippen molar-refractivity contribution in [2.24, 2.45) is 0 Å². The van der Waals surface area contributed by atoms with Gasteiger partial charge in [-0.15, -0.1) is 10.2 Å². The number of carbonyl (C=O) groups excluding carboxylic acids is 1. The Labute approximate surface area is 151 Å². The predicted molar refractivity (Wildman–Crippen MR) is 95.1 cm³/mol. The number of aryl methyl sites for hydroxylation is 2. The minimum Gasteiger partial charge on any atom is -0.337 e. The molecule has 1 saturated carbocycles. The van der Waals surface area contributed by atoms with E-state index in [1.54, 1.807) is 0 Å². The van der Waals surface area contributed by atoms with Gasteiger partial charge in [-0.05, 0) is 39.7 Å². The second-order valence-corrected chi connectivity index (χ2v) is 7.97. The van der Waals surface area contributed by atoms with Gasteiger partial charge >= 0.3 is 0 Å². The van der Waals surface area contributed by atoms with Gasteiger partial charge < -0.3 is 5.32 Å². The lowest BCUT2D eigenvalue weighted by atomic mass is 9.83. The molecular weight excluding hydrogens is 336 g/mol. The third-order valence-corrected chi connectivity index (χ3v) is 5.64. The fourth-order valence-corrected chi connectivity index (χ4v) is 4.15. The molecular formula is C17H22N6OS. The van der Waals surface area contributed by atoms with Gasteiger partial charge in [0, 0.05) is 11.4 Å². The molecule has 8 heteroatoms. The van der Waals surface area contributed by atoms with Crippen molar-refractivity contribution in [1.82, 2.24) is 24.9 Å². The van der Waals surface area contributed by atoms with Crippen LogP contribution in [0.15, 0.2) is 11.2 Å². The number of nitrogens with one attached hydrogen (secondary N) is 1. The Morgan fingerprint density at radius 2 is 2.08 bits per heavy atom. The molecule has 25 heavy (non-hydrogen) atoms. The van der Waals surface area contributed by atoms with Crippen LogP contribution < -0.4 is 5.32 Å². The van der Waals surface area contributed by atoms with Gasteiger partial charge in [0.2, 0.25) is 5.91 Å². The van der Waals surface area contributed by atoms with Crippen molar-refractivity contribution in [1.29, 1.82) is 5.26 Å². The second-order valence-electron chi connectivity index (χ2n) is 6.66. The van der Waals surface area contributed by atoms with Crippen molar-refractivity contribution in [2.75, 3.05) is 0 Å². The molecule has 2 heterocycles. The first kappa shape index (κ1) is 17.7. The average molecular weight is 358 g/mol. The lowest BCUT2D eigenvalue weighted by molar-refractivity contribution is -0.121. The molecule has 1 aliphatic carbocycles. The summed E-state index contributed by atoms with van der Waals surface area (Å²) in [6.45, 7) is 5.70. The van der Waals surface area contributed by atoms with Gasteiger partial charge in [-0.1, -0.05) is 31.0 Å². The van der Waals surface area contributed by atoms with Gasteiger partial charge in [0.15, 0.2) is 5.16 Å². The highest BCUT2D eigenvalue weighted by atomic mass is 32.2. The molecule has 0 radical (unpaired) electrons. The standard InChI is InChI=1S/C17H22N6OS/c1-11-9-12(2)23-15(19-11)21-22-16(23)25-13(3)14(24)20-17(10-18)7-5-4-6-8-17/h9,13H,4-8H2,1-3H3,(H,20,24)/t13-/m1/s1. The van der Waals surface area contributed by atoms with E-state index in [9.17, 15) is 10.1 Å². The zero-order valence-corrected chi connectivity index (χ0v) is 15.6. The van der Waals surface area contributed by atoms with Crippen LogP contribution in [0.4, 0.5) is 0 Å². The van der Waals surface area contributed by atoms with Crippen molar-refractivity contribution in [3.63, 3.8) is 0 Å². The first-order valence-corrected chi connectivity index (χ1v) is 9.41. The van der Waals surface area contributed by atoms with Crippen LogP contribution in [0.2, 0.25) is 0 Å². The number of thioether (sulfide) groups is 1. The summed E-state index contributed by atoms with van der Waals surface area (Å²) in [7, 11) is 0. The van der Waals surface area contributed by atoms with Crippen LogP contribution in [-0.4, -0.2) is 36.3 Å². The molecule has 1 N–H and O–H groups in total. The Hall–Kier alpha value is -2.14. The van der Waals surface area contributed by atoms with Crippen molar-refractivity contribution in [3.05, 3.63) is 17.5 Å². The summed E-state index contributed by atoms with van der Waals surface area (Å²) in [6, 6.07) is 4.28. The highest BCUT2D eigenvalue weighted by molar-refractivity contribution is 8.00. The number of aromatic nitrogens is 4. The quantitative estimate of drug-likeness (QED) is 0.844. The number of carbonyl (C=O) groups is 1. The SMILES string of the molecule is Cc1cc(C)n2c(S[C@H](C)C(=O)NC3(C#N)CCCCC3)nnc2n1. The predicted octanol–water partition coefficient (Wildman–Crippen LogP) is 2.56. The van der Waals surface area contributed by atoms with Gasteiger partial charge in [0.1, 0.15) is 5.54 Å². The number of amides is 1. The topological polar surface area (TPSA) is 96.0 Å². The molecule has 1 aliphatic rings. The summed E-state index contributed by atoms with van der Waals surface area (Å²) < 4.78 is 1.85. The third kappa shape index (κ3) is 3.61. The van der Waals surface area contributed by atoms with Crippen LogP contribution in [0, 0.1) is 25.2 Å². The van der Waals surface area contributed by atoms with Crippen molar-refractivity contribution in [2.45, 2.75) is 68.8 Å². The fraction of sp³-hybridized carbons (Fsp3) is 0.588. The van der Waals surface area contributed by atoms with E-state index in [-0.39, 0.29) is 11.2 Å². The fourth-order valence-electron chi connectivity index (χ4n) is 3.25. The van der Waals surface area contributed by atoms with Gasteiger partial charge in [0.05, 0.1) is 11.3 Å². The minimum atomic E-state index is -0.717. The highest BCUT2D eigenvalue weighted by Crippen LogP contribution is 2.29. The molecule has 3 rings (SSSR count). The Morgan fingerprint density at radius 3 is 2.76 bits per heavy atom. The van der Waals surface area contributed by atoms with Crippen molar-refractivity contribution >= 4 is 23.4 Å². The largest absolute Gasteiger partial charge is 0.337 e. The smallest absolute Gasteiger partial charge is 0.256 e. The Morgan fingerprint density at radius 1 is 1.36 bits per heavy atom. The van der Waals surface area contributed by atoms with E-state index in [0.29, 0.717) is 10.9 Å². The number of nitrogens with zero attached hydrogens (tertiary/aromatic N) is 5. The normalized spacial score (nSPS) is 17.8. The molecule has 132 valence electrons. The molecule has 0 aliphatic heterocycles. The van der Waals surface area contributed by atoms with E-state index in [4.69, 9.17) is 0 Å². The zero-order valence-electron chi connectivity index (χ0n) is 14.7. The van der Waals surface area contributed by atoms with Crippen LogP contribution in [0.5, 0.6) is 0 Å². The number of fused-ring (bicyclic) bond motifs is 1. The van der Waals surface area contributed by atoms with Crippen molar-refractivity contribution < 1.29 is 4.79 Å². The van der Waals surface area contributed by atoms with E-state index in [1.165, 1.54) is 11.8 Å². The number of rotatable bonds is 4. The Bertz CT molecular complexity index is 834.